The highest BCUT2D eigenvalue weighted by Gasteiger charge is 2.17. The number of hydrogen-bond acceptors (Lipinski definition) is 6. The lowest BCUT2D eigenvalue weighted by Crippen LogP contribution is -2.37. The van der Waals surface area contributed by atoms with Crippen molar-refractivity contribution < 1.29 is 19.0 Å². The molecule has 4 rings (SSSR count). The number of carbonyl (C=O) groups is 1. The van der Waals surface area contributed by atoms with Gasteiger partial charge >= 0.3 is 0 Å². The number of carbonyl (C=O) groups excluding carboxylic acids is 1. The van der Waals surface area contributed by atoms with Crippen molar-refractivity contribution in [2.45, 2.75) is 25.5 Å². The Morgan fingerprint density at radius 3 is 2.96 bits per heavy atom. The first-order valence-electron chi connectivity index (χ1n) is 8.55. The molecule has 26 heavy (non-hydrogen) atoms. The summed E-state index contributed by atoms with van der Waals surface area (Å²) in [6.07, 6.45) is 2.01. The number of benzene rings is 1. The van der Waals surface area contributed by atoms with Crippen LogP contribution in [0.5, 0.6) is 11.5 Å². The molecule has 3 heterocycles. The van der Waals surface area contributed by atoms with Gasteiger partial charge in [-0.25, -0.2) is 4.68 Å². The van der Waals surface area contributed by atoms with E-state index < -0.39 is 0 Å². The number of ether oxygens (including phenoxy) is 3. The molecule has 8 heteroatoms. The topological polar surface area (TPSA) is 91.7 Å². The summed E-state index contributed by atoms with van der Waals surface area (Å²) in [5, 5.41) is 7.10. The fourth-order valence-corrected chi connectivity index (χ4v) is 3.00. The first-order valence-corrected chi connectivity index (χ1v) is 8.55. The zero-order chi connectivity index (χ0) is 17.9. The lowest BCUT2D eigenvalue weighted by Gasteiger charge is -2.11. The van der Waals surface area contributed by atoms with Crippen LogP contribution in [0.2, 0.25) is 0 Å². The maximum Gasteiger partial charge on any atom is 0.267 e. The van der Waals surface area contributed by atoms with Gasteiger partial charge in [0.15, 0.2) is 11.5 Å². The van der Waals surface area contributed by atoms with Crippen molar-refractivity contribution in [3.63, 3.8) is 0 Å². The van der Waals surface area contributed by atoms with Gasteiger partial charge in [0.1, 0.15) is 6.54 Å². The molecule has 1 aromatic heterocycles. The number of rotatable bonds is 5. The molecule has 1 saturated heterocycles. The Balaban J connectivity index is 1.47. The third-order valence-electron chi connectivity index (χ3n) is 4.38. The van der Waals surface area contributed by atoms with E-state index in [2.05, 4.69) is 10.4 Å². The molecule has 1 fully saturated rings. The van der Waals surface area contributed by atoms with E-state index in [4.69, 9.17) is 14.2 Å². The summed E-state index contributed by atoms with van der Waals surface area (Å²) in [6.45, 7) is 1.25. The van der Waals surface area contributed by atoms with E-state index in [1.807, 2.05) is 6.07 Å². The summed E-state index contributed by atoms with van der Waals surface area (Å²) >= 11 is 0. The van der Waals surface area contributed by atoms with Crippen LogP contribution in [0.1, 0.15) is 12.8 Å². The molecule has 1 aromatic carbocycles. The maximum absolute atomic E-state index is 12.1. The molecule has 136 valence electrons. The Hall–Kier alpha value is -2.87. The van der Waals surface area contributed by atoms with Crippen molar-refractivity contribution >= 4 is 5.91 Å². The van der Waals surface area contributed by atoms with Crippen LogP contribution in [0.4, 0.5) is 0 Å². The quantitative estimate of drug-likeness (QED) is 0.856. The Morgan fingerprint density at radius 2 is 2.12 bits per heavy atom. The Morgan fingerprint density at radius 1 is 1.23 bits per heavy atom. The van der Waals surface area contributed by atoms with E-state index in [0.29, 0.717) is 23.7 Å². The van der Waals surface area contributed by atoms with Gasteiger partial charge in [-0.2, -0.15) is 5.10 Å². The van der Waals surface area contributed by atoms with Gasteiger partial charge in [-0.1, -0.05) is 0 Å². The van der Waals surface area contributed by atoms with Gasteiger partial charge < -0.3 is 19.5 Å². The molecule has 0 spiro atoms. The minimum atomic E-state index is -0.332. The number of nitrogens with one attached hydrogen (secondary N) is 1. The van der Waals surface area contributed by atoms with E-state index in [-0.39, 0.29) is 30.9 Å². The zero-order valence-corrected chi connectivity index (χ0v) is 14.1. The standard InChI is InChI=1S/C18H19N3O5/c22-17(19-9-13-2-1-7-24-13)10-21-18(23)6-4-14(20-21)12-3-5-15-16(8-12)26-11-25-15/h3-6,8,13H,1-2,7,9-11H2,(H,19,22)/t13-/m0/s1. The molecule has 2 aromatic rings. The smallest absolute Gasteiger partial charge is 0.267 e. The van der Waals surface area contributed by atoms with Crippen molar-refractivity contribution in [1.82, 2.24) is 15.1 Å². The lowest BCUT2D eigenvalue weighted by molar-refractivity contribution is -0.122. The lowest BCUT2D eigenvalue weighted by atomic mass is 10.1. The third kappa shape index (κ3) is 3.55. The zero-order valence-electron chi connectivity index (χ0n) is 14.1. The predicted molar refractivity (Wildman–Crippen MR) is 92.0 cm³/mol. The van der Waals surface area contributed by atoms with Crippen LogP contribution in [0.3, 0.4) is 0 Å². The molecule has 1 atom stereocenters. The van der Waals surface area contributed by atoms with Crippen LogP contribution in [0.15, 0.2) is 35.1 Å². The van der Waals surface area contributed by atoms with E-state index in [1.165, 1.54) is 6.07 Å². The Kier molecular flexibility index (Phi) is 4.57. The van der Waals surface area contributed by atoms with Crippen molar-refractivity contribution in [2.75, 3.05) is 19.9 Å². The van der Waals surface area contributed by atoms with Crippen LogP contribution < -0.4 is 20.3 Å². The molecule has 8 nitrogen and oxygen atoms in total. The fraction of sp³-hybridized carbons (Fsp3) is 0.389. The van der Waals surface area contributed by atoms with Crippen molar-refractivity contribution in [1.29, 1.82) is 0 Å². The van der Waals surface area contributed by atoms with Crippen molar-refractivity contribution in [2.24, 2.45) is 0 Å². The second kappa shape index (κ2) is 7.17. The molecule has 2 aliphatic heterocycles. The van der Waals surface area contributed by atoms with Crippen LogP contribution in [0, 0.1) is 0 Å². The largest absolute Gasteiger partial charge is 0.454 e. The molecule has 1 N–H and O–H groups in total. The average Bonchev–Trinajstić information content (AvgIpc) is 3.32. The molecule has 0 unspecified atom stereocenters. The van der Waals surface area contributed by atoms with Gasteiger partial charge in [-0.15, -0.1) is 0 Å². The first kappa shape index (κ1) is 16.6. The SMILES string of the molecule is O=C(Cn1nc(-c2ccc3c(c2)OCO3)ccc1=O)NC[C@@H]1CCCO1. The predicted octanol–water partition coefficient (Wildman–Crippen LogP) is 0.934. The van der Waals surface area contributed by atoms with Gasteiger partial charge in [-0.05, 0) is 37.1 Å². The Labute approximate surface area is 149 Å². The second-order valence-electron chi connectivity index (χ2n) is 6.22. The number of aromatic nitrogens is 2. The Bertz CT molecular complexity index is 873. The van der Waals surface area contributed by atoms with E-state index in [1.54, 1.807) is 18.2 Å². The molecular weight excluding hydrogens is 338 g/mol. The third-order valence-corrected chi connectivity index (χ3v) is 4.38. The second-order valence-corrected chi connectivity index (χ2v) is 6.22. The molecule has 2 aliphatic rings. The van der Waals surface area contributed by atoms with Crippen LogP contribution >= 0.6 is 0 Å². The van der Waals surface area contributed by atoms with Crippen molar-refractivity contribution in [3.05, 3.63) is 40.7 Å². The number of fused-ring (bicyclic) bond motifs is 1. The first-order chi connectivity index (χ1) is 12.7. The van der Waals surface area contributed by atoms with Gasteiger partial charge in [0.25, 0.3) is 5.56 Å². The van der Waals surface area contributed by atoms with E-state index in [0.717, 1.165) is 29.7 Å². The van der Waals surface area contributed by atoms with Crippen LogP contribution in [-0.4, -0.2) is 41.7 Å². The summed E-state index contributed by atoms with van der Waals surface area (Å²) in [4.78, 5) is 24.2. The fourth-order valence-electron chi connectivity index (χ4n) is 3.00. The molecule has 0 bridgehead atoms. The highest BCUT2D eigenvalue weighted by molar-refractivity contribution is 5.75. The minimum Gasteiger partial charge on any atom is -0.454 e. The number of amides is 1. The van der Waals surface area contributed by atoms with E-state index in [9.17, 15) is 9.59 Å². The minimum absolute atomic E-state index is 0.0589. The van der Waals surface area contributed by atoms with E-state index >= 15 is 0 Å². The molecule has 1 amide bonds. The van der Waals surface area contributed by atoms with Crippen molar-refractivity contribution in [3.8, 4) is 22.8 Å². The summed E-state index contributed by atoms with van der Waals surface area (Å²) in [6, 6.07) is 8.46. The number of hydrogen-bond donors (Lipinski definition) is 1. The highest BCUT2D eigenvalue weighted by atomic mass is 16.7. The summed E-state index contributed by atoms with van der Waals surface area (Å²) in [7, 11) is 0. The summed E-state index contributed by atoms with van der Waals surface area (Å²) in [5.74, 6) is 1.05. The number of nitrogens with zero attached hydrogens (tertiary/aromatic N) is 2. The van der Waals surface area contributed by atoms with Gasteiger partial charge in [0.05, 0.1) is 11.8 Å². The summed E-state index contributed by atoms with van der Waals surface area (Å²) < 4.78 is 17.3. The average molecular weight is 357 g/mol. The van der Waals surface area contributed by atoms with Crippen LogP contribution in [0.25, 0.3) is 11.3 Å². The molecule has 0 aliphatic carbocycles. The maximum atomic E-state index is 12.1. The van der Waals surface area contributed by atoms with Gasteiger partial charge in [-0.3, -0.25) is 9.59 Å². The molecule has 0 radical (unpaired) electrons. The normalized spacial score (nSPS) is 18.1. The molecule has 0 saturated carbocycles. The van der Waals surface area contributed by atoms with Crippen LogP contribution in [-0.2, 0) is 16.1 Å². The van der Waals surface area contributed by atoms with Gasteiger partial charge in [0, 0.05) is 24.8 Å². The summed E-state index contributed by atoms with van der Waals surface area (Å²) in [5.41, 5.74) is 1.03. The highest BCUT2D eigenvalue weighted by Crippen LogP contribution is 2.35. The van der Waals surface area contributed by atoms with Gasteiger partial charge in [0.2, 0.25) is 12.7 Å². The molecular formula is C18H19N3O5. The monoisotopic (exact) mass is 357 g/mol.